The van der Waals surface area contributed by atoms with Crippen LogP contribution in [-0.2, 0) is 19.2 Å². The third-order valence-corrected chi connectivity index (χ3v) is 4.49. The van der Waals surface area contributed by atoms with Crippen molar-refractivity contribution in [1.29, 1.82) is 0 Å². The highest BCUT2D eigenvalue weighted by atomic mass is 16.7. The molecule has 2 aromatic carbocycles. The van der Waals surface area contributed by atoms with E-state index in [1.165, 1.54) is 7.11 Å². The smallest absolute Gasteiger partial charge is 0.358 e. The SMILES string of the molecule is CCO/C(=N/OC(C)c1ccnc2ccccc12)c1ccccc1/C(=N\OC)C(=O)O. The maximum Gasteiger partial charge on any atom is 0.358 e. The predicted molar refractivity (Wildman–Crippen MR) is 117 cm³/mol. The summed E-state index contributed by atoms with van der Waals surface area (Å²) < 4.78 is 5.67. The minimum atomic E-state index is -1.23. The molecule has 0 aliphatic rings. The zero-order chi connectivity index (χ0) is 22.2. The minimum absolute atomic E-state index is 0.147. The molecule has 1 N–H and O–H groups in total. The number of nitrogens with zero attached hydrogens (tertiary/aromatic N) is 3. The molecule has 1 atom stereocenters. The molecular weight excluding hydrogens is 398 g/mol. The number of ether oxygens (including phenoxy) is 1. The van der Waals surface area contributed by atoms with Crippen LogP contribution in [0.2, 0.25) is 0 Å². The van der Waals surface area contributed by atoms with E-state index >= 15 is 0 Å². The number of oxime groups is 2. The number of carbonyl (C=O) groups is 1. The summed E-state index contributed by atoms with van der Waals surface area (Å²) in [5, 5.41) is 18.3. The minimum Gasteiger partial charge on any atom is -0.476 e. The number of hydrogen-bond donors (Lipinski definition) is 1. The van der Waals surface area contributed by atoms with Crippen LogP contribution in [-0.4, -0.2) is 41.4 Å². The van der Waals surface area contributed by atoms with Crippen LogP contribution >= 0.6 is 0 Å². The first kappa shape index (κ1) is 21.8. The normalized spacial score (nSPS) is 13.0. The number of pyridine rings is 1. The molecule has 160 valence electrons. The van der Waals surface area contributed by atoms with Gasteiger partial charge in [0.25, 0.3) is 5.90 Å². The molecule has 0 amide bonds. The van der Waals surface area contributed by atoms with Gasteiger partial charge in [-0.05, 0) is 37.2 Å². The highest BCUT2D eigenvalue weighted by Gasteiger charge is 2.22. The number of rotatable bonds is 8. The lowest BCUT2D eigenvalue weighted by Crippen LogP contribution is -2.20. The van der Waals surface area contributed by atoms with Gasteiger partial charge in [0.1, 0.15) is 7.11 Å². The van der Waals surface area contributed by atoms with Crippen LogP contribution in [0.25, 0.3) is 10.9 Å². The molecule has 1 unspecified atom stereocenters. The molecule has 0 aliphatic heterocycles. The Kier molecular flexibility index (Phi) is 7.16. The first-order chi connectivity index (χ1) is 15.1. The number of fused-ring (bicyclic) bond motifs is 1. The van der Waals surface area contributed by atoms with Crippen molar-refractivity contribution in [2.24, 2.45) is 10.3 Å². The Morgan fingerprint density at radius 2 is 1.77 bits per heavy atom. The highest BCUT2D eigenvalue weighted by Crippen LogP contribution is 2.25. The van der Waals surface area contributed by atoms with Crippen molar-refractivity contribution >= 4 is 28.5 Å². The molecule has 3 rings (SSSR count). The van der Waals surface area contributed by atoms with Gasteiger partial charge in [-0.1, -0.05) is 41.6 Å². The second-order valence-corrected chi connectivity index (χ2v) is 6.47. The van der Waals surface area contributed by atoms with Crippen LogP contribution in [0.3, 0.4) is 0 Å². The standard InChI is InChI=1S/C23H23N3O5/c1-4-30-22(19-11-6-5-10-18(19)21(23(27)28)25-29-3)26-31-15(2)16-13-14-24-20-12-8-7-9-17(16)20/h5-15H,4H2,1-3H3,(H,27,28)/b25-21+,26-22+. The van der Waals surface area contributed by atoms with Crippen molar-refractivity contribution in [2.75, 3.05) is 13.7 Å². The topological polar surface area (TPSA) is 103 Å². The van der Waals surface area contributed by atoms with Crippen LogP contribution in [0.5, 0.6) is 0 Å². The lowest BCUT2D eigenvalue weighted by Gasteiger charge is -2.15. The molecule has 1 aromatic heterocycles. The van der Waals surface area contributed by atoms with Gasteiger partial charge in [-0.2, -0.15) is 0 Å². The summed E-state index contributed by atoms with van der Waals surface area (Å²) >= 11 is 0. The Hall–Kier alpha value is -3.94. The third kappa shape index (κ3) is 4.98. The first-order valence-corrected chi connectivity index (χ1v) is 9.71. The first-order valence-electron chi connectivity index (χ1n) is 9.71. The average Bonchev–Trinajstić information content (AvgIpc) is 2.79. The second kappa shape index (κ2) is 10.2. The molecule has 0 saturated carbocycles. The number of carboxylic acid groups (broad SMARTS) is 1. The predicted octanol–water partition coefficient (Wildman–Crippen LogP) is 4.15. The van der Waals surface area contributed by atoms with Crippen LogP contribution in [0.15, 0.2) is 71.1 Å². The van der Waals surface area contributed by atoms with E-state index in [4.69, 9.17) is 14.4 Å². The van der Waals surface area contributed by atoms with E-state index < -0.39 is 12.1 Å². The lowest BCUT2D eigenvalue weighted by atomic mass is 10.0. The van der Waals surface area contributed by atoms with Crippen molar-refractivity contribution in [3.05, 3.63) is 77.5 Å². The molecule has 8 nitrogen and oxygen atoms in total. The highest BCUT2D eigenvalue weighted by molar-refractivity contribution is 6.43. The van der Waals surface area contributed by atoms with Gasteiger partial charge in [0.2, 0.25) is 0 Å². The van der Waals surface area contributed by atoms with E-state index in [0.717, 1.165) is 16.5 Å². The van der Waals surface area contributed by atoms with Crippen molar-refractivity contribution in [3.63, 3.8) is 0 Å². The molecule has 0 radical (unpaired) electrons. The summed E-state index contributed by atoms with van der Waals surface area (Å²) in [5.74, 6) is -1.09. The Bertz CT molecular complexity index is 1120. The van der Waals surface area contributed by atoms with E-state index in [1.54, 1.807) is 37.4 Å². The zero-order valence-corrected chi connectivity index (χ0v) is 17.5. The van der Waals surface area contributed by atoms with Gasteiger partial charge in [-0.15, -0.1) is 0 Å². The number of carboxylic acids is 1. The van der Waals surface area contributed by atoms with Crippen molar-refractivity contribution in [3.8, 4) is 0 Å². The zero-order valence-electron chi connectivity index (χ0n) is 17.5. The molecule has 0 aliphatic carbocycles. The molecule has 1 heterocycles. The van der Waals surface area contributed by atoms with Crippen LogP contribution < -0.4 is 0 Å². The number of aliphatic carboxylic acids is 1. The fourth-order valence-electron chi connectivity index (χ4n) is 3.12. The monoisotopic (exact) mass is 421 g/mol. The van der Waals surface area contributed by atoms with Gasteiger partial charge in [0, 0.05) is 28.3 Å². The fourth-order valence-corrected chi connectivity index (χ4v) is 3.12. The van der Waals surface area contributed by atoms with E-state index in [0.29, 0.717) is 17.7 Å². The maximum atomic E-state index is 11.7. The number of benzene rings is 2. The number of hydrogen-bond acceptors (Lipinski definition) is 7. The Morgan fingerprint density at radius 3 is 2.48 bits per heavy atom. The van der Waals surface area contributed by atoms with Crippen molar-refractivity contribution < 1.29 is 24.3 Å². The second-order valence-electron chi connectivity index (χ2n) is 6.47. The summed E-state index contributed by atoms with van der Waals surface area (Å²) in [5.41, 5.74) is 2.24. The Balaban J connectivity index is 1.98. The Morgan fingerprint density at radius 1 is 1.06 bits per heavy atom. The summed E-state index contributed by atoms with van der Waals surface area (Å²) in [4.78, 5) is 26.5. The van der Waals surface area contributed by atoms with Crippen LogP contribution in [0, 0.1) is 0 Å². The molecule has 0 spiro atoms. The number of aromatic nitrogens is 1. The van der Waals surface area contributed by atoms with Gasteiger partial charge in [-0.25, -0.2) is 4.79 Å². The molecule has 3 aromatic rings. The summed E-state index contributed by atoms with van der Waals surface area (Å²) in [6.45, 7) is 3.99. The van der Waals surface area contributed by atoms with E-state index in [1.807, 2.05) is 37.3 Å². The van der Waals surface area contributed by atoms with E-state index in [2.05, 4.69) is 15.3 Å². The van der Waals surface area contributed by atoms with Gasteiger partial charge in [-0.3, -0.25) is 4.98 Å². The van der Waals surface area contributed by atoms with Crippen molar-refractivity contribution in [1.82, 2.24) is 4.98 Å². The quantitative estimate of drug-likeness (QED) is 0.333. The van der Waals surface area contributed by atoms with E-state index in [-0.39, 0.29) is 11.6 Å². The lowest BCUT2D eigenvalue weighted by molar-refractivity contribution is -0.129. The molecule has 0 bridgehead atoms. The molecular formula is C23H23N3O5. The maximum absolute atomic E-state index is 11.7. The van der Waals surface area contributed by atoms with Crippen LogP contribution in [0.1, 0.15) is 36.6 Å². The molecule has 0 saturated heterocycles. The van der Waals surface area contributed by atoms with Gasteiger partial charge < -0.3 is 19.5 Å². The van der Waals surface area contributed by atoms with Gasteiger partial charge in [0.05, 0.1) is 12.1 Å². The van der Waals surface area contributed by atoms with E-state index in [9.17, 15) is 9.90 Å². The summed E-state index contributed by atoms with van der Waals surface area (Å²) in [7, 11) is 1.28. The van der Waals surface area contributed by atoms with Gasteiger partial charge in [0.15, 0.2) is 11.8 Å². The molecule has 8 heteroatoms. The Labute approximate surface area is 179 Å². The molecule has 0 fully saturated rings. The summed E-state index contributed by atoms with van der Waals surface area (Å²) in [6, 6.07) is 16.4. The van der Waals surface area contributed by atoms with Crippen LogP contribution in [0.4, 0.5) is 0 Å². The number of para-hydroxylation sites is 1. The fraction of sp³-hybridized carbons (Fsp3) is 0.217. The van der Waals surface area contributed by atoms with Gasteiger partial charge >= 0.3 is 5.97 Å². The molecule has 31 heavy (non-hydrogen) atoms. The average molecular weight is 421 g/mol. The largest absolute Gasteiger partial charge is 0.476 e. The van der Waals surface area contributed by atoms with Crippen molar-refractivity contribution in [2.45, 2.75) is 20.0 Å². The third-order valence-electron chi connectivity index (χ3n) is 4.49. The summed E-state index contributed by atoms with van der Waals surface area (Å²) in [6.07, 6.45) is 1.32.